The topological polar surface area (TPSA) is 9.23 Å². The van der Waals surface area contributed by atoms with Crippen molar-refractivity contribution in [1.82, 2.24) is 0 Å². The lowest BCUT2D eigenvalue weighted by atomic mass is 10.2. The molecule has 0 atom stereocenters. The normalized spacial score (nSPS) is 10.5. The average molecular weight is 234 g/mol. The molecule has 0 amide bonds. The summed E-state index contributed by atoms with van der Waals surface area (Å²) < 4.78 is 30.4. The molecule has 0 spiro atoms. The maximum Gasteiger partial charge on any atom is 0.263 e. The first-order valence-electron chi connectivity index (χ1n) is 5.30. The van der Waals surface area contributed by atoms with Crippen molar-refractivity contribution in [1.29, 1.82) is 0 Å². The van der Waals surface area contributed by atoms with Crippen molar-refractivity contribution in [3.05, 3.63) is 65.7 Å². The first-order chi connectivity index (χ1) is 8.25. The summed E-state index contributed by atoms with van der Waals surface area (Å²) in [4.78, 5) is 0. The predicted molar refractivity (Wildman–Crippen MR) is 62.2 cm³/mol. The smallest absolute Gasteiger partial charge is 0.263 e. The summed E-state index contributed by atoms with van der Waals surface area (Å²) >= 11 is 0. The summed E-state index contributed by atoms with van der Waals surface area (Å²) in [5.74, 6) is 0.464. The van der Waals surface area contributed by atoms with E-state index in [1.165, 1.54) is 12.1 Å². The minimum absolute atomic E-state index is 0.0180. The Labute approximate surface area is 98.7 Å². The Hall–Kier alpha value is -1.90. The van der Waals surface area contributed by atoms with Gasteiger partial charge in [-0.3, -0.25) is 0 Å². The zero-order chi connectivity index (χ0) is 12.1. The van der Waals surface area contributed by atoms with Gasteiger partial charge in [-0.15, -0.1) is 0 Å². The van der Waals surface area contributed by atoms with Crippen LogP contribution in [0.2, 0.25) is 0 Å². The summed E-state index contributed by atoms with van der Waals surface area (Å²) in [6.07, 6.45) is -2.46. The lowest BCUT2D eigenvalue weighted by molar-refractivity contribution is 0.150. The molecule has 0 fully saturated rings. The Kier molecular flexibility index (Phi) is 3.70. The van der Waals surface area contributed by atoms with Gasteiger partial charge >= 0.3 is 0 Å². The van der Waals surface area contributed by atoms with Crippen LogP contribution < -0.4 is 4.74 Å². The highest BCUT2D eigenvalue weighted by molar-refractivity contribution is 5.29. The molecule has 2 aromatic carbocycles. The number of ether oxygens (including phenoxy) is 1. The Morgan fingerprint density at radius 1 is 0.941 bits per heavy atom. The van der Waals surface area contributed by atoms with Gasteiger partial charge in [0.15, 0.2) is 0 Å². The van der Waals surface area contributed by atoms with Crippen LogP contribution in [0.5, 0.6) is 5.75 Å². The standard InChI is InChI=1S/C14H12F2O/c15-14(16)12-7-4-8-13(9-12)17-10-11-5-2-1-3-6-11/h1-9,14H,10H2. The Bertz CT molecular complexity index is 469. The average Bonchev–Trinajstić information content (AvgIpc) is 2.38. The zero-order valence-corrected chi connectivity index (χ0v) is 9.14. The Morgan fingerprint density at radius 3 is 2.41 bits per heavy atom. The van der Waals surface area contributed by atoms with Crippen molar-refractivity contribution < 1.29 is 13.5 Å². The van der Waals surface area contributed by atoms with Crippen molar-refractivity contribution in [2.45, 2.75) is 13.0 Å². The molecule has 88 valence electrons. The van der Waals surface area contributed by atoms with Crippen LogP contribution in [0.3, 0.4) is 0 Å². The van der Waals surface area contributed by atoms with Crippen LogP contribution in [-0.4, -0.2) is 0 Å². The summed E-state index contributed by atoms with van der Waals surface area (Å²) in [5, 5.41) is 0. The molecule has 0 saturated carbocycles. The van der Waals surface area contributed by atoms with Crippen LogP contribution in [0.25, 0.3) is 0 Å². The summed E-state index contributed by atoms with van der Waals surface area (Å²) in [6, 6.07) is 15.6. The third kappa shape index (κ3) is 3.28. The predicted octanol–water partition coefficient (Wildman–Crippen LogP) is 4.20. The molecule has 3 heteroatoms. The molecule has 0 bridgehead atoms. The van der Waals surface area contributed by atoms with E-state index in [1.54, 1.807) is 12.1 Å². The molecule has 0 radical (unpaired) electrons. The Morgan fingerprint density at radius 2 is 1.71 bits per heavy atom. The second-order valence-electron chi connectivity index (χ2n) is 3.65. The molecule has 0 aliphatic heterocycles. The third-order valence-corrected chi connectivity index (χ3v) is 2.36. The first kappa shape index (κ1) is 11.6. The van der Waals surface area contributed by atoms with Gasteiger partial charge in [0.2, 0.25) is 0 Å². The van der Waals surface area contributed by atoms with Crippen molar-refractivity contribution in [3.63, 3.8) is 0 Å². The van der Waals surface area contributed by atoms with E-state index in [0.29, 0.717) is 12.4 Å². The molecule has 2 rings (SSSR count). The Balaban J connectivity index is 2.02. The minimum atomic E-state index is -2.46. The maximum atomic E-state index is 12.5. The number of benzene rings is 2. The molecule has 0 saturated heterocycles. The summed E-state index contributed by atoms with van der Waals surface area (Å²) in [5.41, 5.74) is 0.991. The van der Waals surface area contributed by atoms with Crippen LogP contribution in [0, 0.1) is 0 Å². The minimum Gasteiger partial charge on any atom is -0.489 e. The SMILES string of the molecule is FC(F)c1cccc(OCc2ccccc2)c1. The van der Waals surface area contributed by atoms with Crippen LogP contribution in [-0.2, 0) is 6.61 Å². The van der Waals surface area contributed by atoms with Crippen molar-refractivity contribution in [3.8, 4) is 5.75 Å². The van der Waals surface area contributed by atoms with Crippen LogP contribution >= 0.6 is 0 Å². The van der Waals surface area contributed by atoms with Gasteiger partial charge in [-0.25, -0.2) is 8.78 Å². The fourth-order valence-electron chi connectivity index (χ4n) is 1.48. The molecule has 2 aromatic rings. The van der Waals surface area contributed by atoms with Gasteiger partial charge in [-0.1, -0.05) is 42.5 Å². The second-order valence-corrected chi connectivity index (χ2v) is 3.65. The highest BCUT2D eigenvalue weighted by Crippen LogP contribution is 2.23. The lowest BCUT2D eigenvalue weighted by Gasteiger charge is -2.07. The highest BCUT2D eigenvalue weighted by Gasteiger charge is 2.07. The van der Waals surface area contributed by atoms with E-state index >= 15 is 0 Å². The van der Waals surface area contributed by atoms with Gasteiger partial charge in [0.25, 0.3) is 6.43 Å². The first-order valence-corrected chi connectivity index (χ1v) is 5.30. The number of halogens is 2. The van der Waals surface area contributed by atoms with Gasteiger partial charge in [-0.2, -0.15) is 0 Å². The monoisotopic (exact) mass is 234 g/mol. The summed E-state index contributed by atoms with van der Waals surface area (Å²) in [7, 11) is 0. The molecular formula is C14H12F2O. The number of hydrogen-bond donors (Lipinski definition) is 0. The zero-order valence-electron chi connectivity index (χ0n) is 9.14. The van der Waals surface area contributed by atoms with Gasteiger partial charge in [0, 0.05) is 5.56 Å². The van der Waals surface area contributed by atoms with E-state index in [1.807, 2.05) is 30.3 Å². The molecule has 0 heterocycles. The van der Waals surface area contributed by atoms with E-state index in [0.717, 1.165) is 5.56 Å². The molecular weight excluding hydrogens is 222 g/mol. The number of hydrogen-bond acceptors (Lipinski definition) is 1. The van der Waals surface area contributed by atoms with E-state index in [9.17, 15) is 8.78 Å². The molecule has 17 heavy (non-hydrogen) atoms. The van der Waals surface area contributed by atoms with Gasteiger partial charge in [-0.05, 0) is 17.7 Å². The molecule has 0 aromatic heterocycles. The largest absolute Gasteiger partial charge is 0.489 e. The lowest BCUT2D eigenvalue weighted by Crippen LogP contribution is -1.95. The molecule has 0 N–H and O–H groups in total. The number of rotatable bonds is 4. The quantitative estimate of drug-likeness (QED) is 0.770. The van der Waals surface area contributed by atoms with Crippen molar-refractivity contribution in [2.24, 2.45) is 0 Å². The summed E-state index contributed by atoms with van der Waals surface area (Å²) in [6.45, 7) is 0.382. The van der Waals surface area contributed by atoms with Crippen LogP contribution in [0.4, 0.5) is 8.78 Å². The van der Waals surface area contributed by atoms with Gasteiger partial charge in [0.05, 0.1) is 0 Å². The van der Waals surface area contributed by atoms with E-state index in [4.69, 9.17) is 4.74 Å². The third-order valence-electron chi connectivity index (χ3n) is 2.36. The van der Waals surface area contributed by atoms with E-state index < -0.39 is 6.43 Å². The number of alkyl halides is 2. The van der Waals surface area contributed by atoms with Crippen molar-refractivity contribution in [2.75, 3.05) is 0 Å². The fourth-order valence-corrected chi connectivity index (χ4v) is 1.48. The van der Waals surface area contributed by atoms with Crippen molar-refractivity contribution >= 4 is 0 Å². The highest BCUT2D eigenvalue weighted by atomic mass is 19.3. The fraction of sp³-hybridized carbons (Fsp3) is 0.143. The van der Waals surface area contributed by atoms with Gasteiger partial charge in [0.1, 0.15) is 12.4 Å². The van der Waals surface area contributed by atoms with Gasteiger partial charge < -0.3 is 4.74 Å². The van der Waals surface area contributed by atoms with Crippen LogP contribution in [0.1, 0.15) is 17.6 Å². The molecule has 0 aliphatic carbocycles. The second kappa shape index (κ2) is 5.43. The van der Waals surface area contributed by atoms with Crippen LogP contribution in [0.15, 0.2) is 54.6 Å². The molecule has 0 unspecified atom stereocenters. The molecule has 0 aliphatic rings. The van der Waals surface area contributed by atoms with E-state index in [2.05, 4.69) is 0 Å². The molecule has 1 nitrogen and oxygen atoms in total. The van der Waals surface area contributed by atoms with E-state index in [-0.39, 0.29) is 5.56 Å². The maximum absolute atomic E-state index is 12.5.